The zero-order valence-corrected chi connectivity index (χ0v) is 19.7. The molecule has 1 aliphatic heterocycles. The van der Waals surface area contributed by atoms with Gasteiger partial charge in [-0.1, -0.05) is 39.7 Å². The minimum Gasteiger partial charge on any atom is -0.394 e. The third-order valence-electron chi connectivity index (χ3n) is 5.92. The fourth-order valence-electron chi connectivity index (χ4n) is 4.10. The molecule has 0 aliphatic carbocycles. The van der Waals surface area contributed by atoms with Crippen LogP contribution in [0.3, 0.4) is 0 Å². The molecule has 1 fully saturated rings. The van der Waals surface area contributed by atoms with E-state index in [1.54, 1.807) is 18.2 Å². The van der Waals surface area contributed by atoms with Crippen LogP contribution in [0, 0.1) is 17.5 Å². The minimum atomic E-state index is -1.59. The fourth-order valence-corrected chi connectivity index (χ4v) is 4.40. The number of benzene rings is 2. The second kappa shape index (κ2) is 9.79. The molecule has 9 nitrogen and oxygen atoms in total. The number of hydrogen-bond acceptors (Lipinski definition) is 7. The molecule has 0 unspecified atom stereocenters. The van der Waals surface area contributed by atoms with Crippen molar-refractivity contribution < 1.29 is 28.1 Å². The topological polar surface area (TPSA) is 111 Å². The van der Waals surface area contributed by atoms with E-state index in [2.05, 4.69) is 20.6 Å². The molecule has 1 aliphatic rings. The Morgan fingerprint density at radius 3 is 2.47 bits per heavy atom. The van der Waals surface area contributed by atoms with Crippen molar-refractivity contribution in [2.24, 2.45) is 0 Å². The Labute approximate surface area is 211 Å². The molecule has 0 bridgehead atoms. The maximum atomic E-state index is 13.7. The first-order chi connectivity index (χ1) is 17.3. The summed E-state index contributed by atoms with van der Waals surface area (Å²) in [5.41, 5.74) is 1.22. The zero-order valence-electron chi connectivity index (χ0n) is 18.1. The Morgan fingerprint density at radius 1 is 1.03 bits per heavy atom. The molecule has 2 aromatic carbocycles. The molecular formula is C22H17Cl2F3N6O3. The van der Waals surface area contributed by atoms with Crippen LogP contribution in [0.5, 0.6) is 0 Å². The zero-order chi connectivity index (χ0) is 25.6. The van der Waals surface area contributed by atoms with Crippen LogP contribution in [-0.2, 0) is 4.74 Å². The number of hydrogen-bond donors (Lipinski definition) is 2. The lowest BCUT2D eigenvalue weighted by molar-refractivity contribution is -0.183. The summed E-state index contributed by atoms with van der Waals surface area (Å²) in [5.74, 6) is -4.33. The average Bonchev–Trinajstić information content (AvgIpc) is 3.54. The summed E-state index contributed by atoms with van der Waals surface area (Å²) in [4.78, 5) is 0. The summed E-state index contributed by atoms with van der Waals surface area (Å²) < 4.78 is 49.4. The molecule has 4 atom stereocenters. The molecule has 0 radical (unpaired) electrons. The van der Waals surface area contributed by atoms with Crippen molar-refractivity contribution >= 4 is 23.2 Å². The van der Waals surface area contributed by atoms with E-state index in [-0.39, 0.29) is 17.7 Å². The van der Waals surface area contributed by atoms with Crippen LogP contribution in [0.25, 0.3) is 22.5 Å². The molecule has 5 rings (SSSR count). The molecule has 14 heteroatoms. The molecule has 3 heterocycles. The maximum Gasteiger partial charge on any atom is 0.194 e. The smallest absolute Gasteiger partial charge is 0.194 e. The van der Waals surface area contributed by atoms with Crippen molar-refractivity contribution in [2.45, 2.75) is 30.9 Å². The molecule has 2 N–H and O–H groups in total. The molecule has 0 saturated carbocycles. The van der Waals surface area contributed by atoms with Crippen LogP contribution in [0.2, 0.25) is 10.0 Å². The molecule has 0 spiro atoms. The predicted molar refractivity (Wildman–Crippen MR) is 121 cm³/mol. The van der Waals surface area contributed by atoms with E-state index in [0.717, 1.165) is 12.1 Å². The van der Waals surface area contributed by atoms with Crippen LogP contribution < -0.4 is 0 Å². The molecule has 36 heavy (non-hydrogen) atoms. The third-order valence-corrected chi connectivity index (χ3v) is 6.66. The van der Waals surface area contributed by atoms with E-state index in [4.69, 9.17) is 27.9 Å². The van der Waals surface area contributed by atoms with Crippen molar-refractivity contribution in [1.82, 2.24) is 30.0 Å². The van der Waals surface area contributed by atoms with Crippen LogP contribution in [0.15, 0.2) is 42.7 Å². The van der Waals surface area contributed by atoms with E-state index in [1.807, 2.05) is 0 Å². The van der Waals surface area contributed by atoms with Gasteiger partial charge in [-0.05, 0) is 24.3 Å². The summed E-state index contributed by atoms with van der Waals surface area (Å²) >= 11 is 12.2. The van der Waals surface area contributed by atoms with Crippen molar-refractivity contribution in [1.29, 1.82) is 0 Å². The molecule has 4 aromatic rings. The van der Waals surface area contributed by atoms with Gasteiger partial charge in [0, 0.05) is 17.5 Å². The largest absolute Gasteiger partial charge is 0.394 e. The minimum absolute atomic E-state index is 0.0346. The predicted octanol–water partition coefficient (Wildman–Crippen LogP) is 3.81. The third kappa shape index (κ3) is 4.46. The lowest BCUT2D eigenvalue weighted by Crippen LogP contribution is -2.46. The van der Waals surface area contributed by atoms with Gasteiger partial charge in [0.05, 0.1) is 40.8 Å². The van der Waals surface area contributed by atoms with Crippen LogP contribution in [0.1, 0.15) is 18.7 Å². The van der Waals surface area contributed by atoms with Gasteiger partial charge in [-0.15, -0.1) is 10.2 Å². The Balaban J connectivity index is 1.47. The van der Waals surface area contributed by atoms with Gasteiger partial charge in [-0.25, -0.2) is 22.5 Å². The van der Waals surface area contributed by atoms with E-state index >= 15 is 0 Å². The first-order valence-electron chi connectivity index (χ1n) is 10.6. The summed E-state index contributed by atoms with van der Waals surface area (Å²) in [7, 11) is 0. The number of halogens is 5. The Morgan fingerprint density at radius 2 is 1.78 bits per heavy atom. The quantitative estimate of drug-likeness (QED) is 0.370. The van der Waals surface area contributed by atoms with Gasteiger partial charge in [-0.3, -0.25) is 0 Å². The first-order valence-corrected chi connectivity index (χ1v) is 11.4. The summed E-state index contributed by atoms with van der Waals surface area (Å²) in [5, 5.41) is 37.3. The number of aromatic nitrogens is 6. The van der Waals surface area contributed by atoms with Crippen LogP contribution in [0.4, 0.5) is 13.2 Å². The number of rotatable bonds is 5. The van der Waals surface area contributed by atoms with E-state index in [0.29, 0.717) is 21.3 Å². The van der Waals surface area contributed by atoms with E-state index in [9.17, 15) is 23.4 Å². The van der Waals surface area contributed by atoms with Crippen molar-refractivity contribution in [3.63, 3.8) is 0 Å². The van der Waals surface area contributed by atoms with Crippen molar-refractivity contribution in [2.75, 3.05) is 6.61 Å². The first kappa shape index (κ1) is 24.7. The number of aliphatic hydroxyl groups is 2. The van der Waals surface area contributed by atoms with E-state index in [1.165, 1.54) is 21.8 Å². The highest BCUT2D eigenvalue weighted by atomic mass is 35.5. The Hall–Kier alpha value is -3.03. The number of aliphatic hydroxyl groups excluding tert-OH is 2. The molecular weight excluding hydrogens is 524 g/mol. The Bertz CT molecular complexity index is 1390. The van der Waals surface area contributed by atoms with Crippen LogP contribution in [-0.4, -0.2) is 59.0 Å². The standard InChI is InChI=1S/C22H17Cl2F3N6O3/c23-12-2-1-10(3-13(12)24)18-7-28-30-33(18)20-6-17(22(35)19(9-34)36-20)32-8-16(29-31-32)11-4-14(25)21(27)15(26)5-11/h1-5,7-8,17,19-20,22,34-35H,6,9H2/t17-,19-,20-,22-/m1/s1. The second-order valence-electron chi connectivity index (χ2n) is 8.14. The van der Waals surface area contributed by atoms with Gasteiger partial charge in [0.2, 0.25) is 0 Å². The Kier molecular flexibility index (Phi) is 6.70. The lowest BCUT2D eigenvalue weighted by atomic mass is 9.98. The summed E-state index contributed by atoms with van der Waals surface area (Å²) in [6.45, 7) is -0.513. The molecule has 188 valence electrons. The van der Waals surface area contributed by atoms with Crippen molar-refractivity contribution in [3.8, 4) is 22.5 Å². The van der Waals surface area contributed by atoms with Gasteiger partial charge >= 0.3 is 0 Å². The summed E-state index contributed by atoms with van der Waals surface area (Å²) in [6.07, 6.45) is -0.0481. The normalized spacial score (nSPS) is 22.2. The number of nitrogens with zero attached hydrogens (tertiary/aromatic N) is 6. The lowest BCUT2D eigenvalue weighted by Gasteiger charge is -2.38. The maximum absolute atomic E-state index is 13.7. The van der Waals surface area contributed by atoms with Gasteiger partial charge in [0.25, 0.3) is 0 Å². The molecule has 2 aromatic heterocycles. The van der Waals surface area contributed by atoms with E-state index < -0.39 is 48.5 Å². The highest BCUT2D eigenvalue weighted by Gasteiger charge is 2.41. The van der Waals surface area contributed by atoms with Gasteiger partial charge in [0.1, 0.15) is 17.9 Å². The van der Waals surface area contributed by atoms with Crippen molar-refractivity contribution in [3.05, 3.63) is 70.2 Å². The second-order valence-corrected chi connectivity index (χ2v) is 8.95. The fraction of sp³-hybridized carbons (Fsp3) is 0.273. The van der Waals surface area contributed by atoms with Crippen LogP contribution >= 0.6 is 23.2 Å². The van der Waals surface area contributed by atoms with Gasteiger partial charge in [-0.2, -0.15) is 0 Å². The monoisotopic (exact) mass is 540 g/mol. The van der Waals surface area contributed by atoms with Gasteiger partial charge in [0.15, 0.2) is 23.7 Å². The molecule has 0 amide bonds. The molecule has 1 saturated heterocycles. The average molecular weight is 541 g/mol. The highest BCUT2D eigenvalue weighted by molar-refractivity contribution is 6.42. The van der Waals surface area contributed by atoms with Gasteiger partial charge < -0.3 is 14.9 Å². The summed E-state index contributed by atoms with van der Waals surface area (Å²) in [6, 6.07) is 5.81. The highest BCUT2D eigenvalue weighted by Crippen LogP contribution is 2.37. The SMILES string of the molecule is OC[C@H]1O[C@@H](n2nncc2-c2ccc(Cl)c(Cl)c2)C[C@@H](n2cc(-c3cc(F)c(F)c(F)c3)nn2)[C@H]1O. The number of ether oxygens (including phenoxy) is 1.